The fraction of sp³-hybridized carbons (Fsp3) is 0.368. The number of aryl methyl sites for hydroxylation is 1. The predicted molar refractivity (Wildman–Crippen MR) is 433 cm³/mol. The fourth-order valence-corrected chi connectivity index (χ4v) is 20.9. The summed E-state index contributed by atoms with van der Waals surface area (Å²) in [6.45, 7) is 49.2. The molecular formula is C95H102BN3S. The molecule has 3 heterocycles. The zero-order chi connectivity index (χ0) is 70.3. The Bertz CT molecular complexity index is 5210. The molecule has 0 saturated heterocycles. The van der Waals surface area contributed by atoms with Crippen molar-refractivity contribution in [3.8, 4) is 22.3 Å². The second-order valence-corrected chi connectivity index (χ2v) is 38.4. The Morgan fingerprint density at radius 3 is 1.46 bits per heavy atom. The van der Waals surface area contributed by atoms with Crippen LogP contribution in [0.3, 0.4) is 0 Å². The van der Waals surface area contributed by atoms with Gasteiger partial charge in [0.15, 0.2) is 0 Å². The average molecular weight is 1330 g/mol. The van der Waals surface area contributed by atoms with Crippen molar-refractivity contribution in [2.45, 2.75) is 226 Å². The van der Waals surface area contributed by atoms with Crippen LogP contribution in [0.15, 0.2) is 182 Å². The van der Waals surface area contributed by atoms with Gasteiger partial charge in [0.2, 0.25) is 0 Å². The molecule has 3 nitrogen and oxygen atoms in total. The Labute approximate surface area is 602 Å². The summed E-state index contributed by atoms with van der Waals surface area (Å²) in [5.74, 6) is 0. The molecule has 4 aliphatic carbocycles. The minimum Gasteiger partial charge on any atom is -0.376 e. The fourth-order valence-electron chi connectivity index (χ4n) is 19.7. The third-order valence-corrected chi connectivity index (χ3v) is 27.5. The highest BCUT2D eigenvalue weighted by molar-refractivity contribution is 7.26. The highest BCUT2D eigenvalue weighted by Gasteiger charge is 2.52. The van der Waals surface area contributed by atoms with Gasteiger partial charge in [0, 0.05) is 87.6 Å². The largest absolute Gasteiger partial charge is 0.376 e. The minimum absolute atomic E-state index is 0.0179. The van der Waals surface area contributed by atoms with Crippen LogP contribution in [0.1, 0.15) is 237 Å². The van der Waals surface area contributed by atoms with Gasteiger partial charge < -0.3 is 14.6 Å². The number of benzene rings is 10. The van der Waals surface area contributed by atoms with Crippen molar-refractivity contribution in [3.05, 3.63) is 249 Å². The lowest BCUT2D eigenvalue weighted by atomic mass is 9.42. The van der Waals surface area contributed by atoms with Crippen LogP contribution in [-0.2, 0) is 48.7 Å². The molecule has 0 radical (unpaired) electrons. The van der Waals surface area contributed by atoms with Crippen LogP contribution in [-0.4, -0.2) is 6.85 Å². The maximum absolute atomic E-state index is 2.85. The summed E-state index contributed by atoms with van der Waals surface area (Å²) >= 11 is 1.94. The summed E-state index contributed by atoms with van der Waals surface area (Å²) in [5, 5.41) is 2.63. The second kappa shape index (κ2) is 21.5. The second-order valence-electron chi connectivity index (χ2n) is 37.3. The van der Waals surface area contributed by atoms with Gasteiger partial charge in [-0.2, -0.15) is 0 Å². The molecule has 0 saturated carbocycles. The molecule has 2 aliphatic heterocycles. The molecule has 100 heavy (non-hydrogen) atoms. The van der Waals surface area contributed by atoms with Crippen LogP contribution in [0, 0.1) is 6.92 Å². The Kier molecular flexibility index (Phi) is 14.0. The predicted octanol–water partition coefficient (Wildman–Crippen LogP) is 25.5. The Morgan fingerprint density at radius 2 is 0.880 bits per heavy atom. The first-order valence-corrected chi connectivity index (χ1v) is 38.4. The number of fused-ring (bicyclic) bond motifs is 13. The highest BCUT2D eigenvalue weighted by Crippen LogP contribution is 2.60. The van der Waals surface area contributed by atoms with E-state index in [4.69, 9.17) is 0 Å². The Hall–Kier alpha value is -8.12. The van der Waals surface area contributed by atoms with E-state index in [0.29, 0.717) is 0 Å². The average Bonchev–Trinajstić information content (AvgIpc) is 0.864. The van der Waals surface area contributed by atoms with Crippen molar-refractivity contribution in [2.75, 3.05) is 14.6 Å². The van der Waals surface area contributed by atoms with E-state index in [2.05, 4.69) is 335 Å². The normalized spacial score (nSPS) is 19.3. The molecule has 6 aliphatic rings. The van der Waals surface area contributed by atoms with E-state index in [1.807, 2.05) is 11.3 Å². The van der Waals surface area contributed by atoms with Gasteiger partial charge in [-0.25, -0.2) is 0 Å². The molecule has 1 aromatic heterocycles. The van der Waals surface area contributed by atoms with Crippen molar-refractivity contribution >= 4 is 94.8 Å². The Morgan fingerprint density at radius 1 is 0.380 bits per heavy atom. The third kappa shape index (κ3) is 9.54. The molecule has 0 unspecified atom stereocenters. The lowest BCUT2D eigenvalue weighted by Gasteiger charge is -2.50. The summed E-state index contributed by atoms with van der Waals surface area (Å²) in [6, 6.07) is 73.9. The molecule has 10 aromatic carbocycles. The van der Waals surface area contributed by atoms with Crippen LogP contribution in [0.2, 0.25) is 0 Å². The van der Waals surface area contributed by atoms with Crippen molar-refractivity contribution < 1.29 is 0 Å². The van der Waals surface area contributed by atoms with E-state index in [1.165, 1.54) is 166 Å². The number of hydrogen-bond donors (Lipinski definition) is 0. The van der Waals surface area contributed by atoms with Gasteiger partial charge in [-0.1, -0.05) is 235 Å². The molecule has 0 atom stereocenters. The number of hydrogen-bond acceptors (Lipinski definition) is 4. The van der Waals surface area contributed by atoms with Crippen molar-refractivity contribution in [3.63, 3.8) is 0 Å². The van der Waals surface area contributed by atoms with Gasteiger partial charge in [-0.05, 0) is 251 Å². The quantitative estimate of drug-likeness (QED) is 0.154. The van der Waals surface area contributed by atoms with E-state index in [-0.39, 0.29) is 55.6 Å². The molecule has 0 amide bonds. The van der Waals surface area contributed by atoms with Gasteiger partial charge in [0.1, 0.15) is 0 Å². The molecule has 506 valence electrons. The minimum atomic E-state index is -0.319. The van der Waals surface area contributed by atoms with Gasteiger partial charge >= 0.3 is 6.85 Å². The summed E-state index contributed by atoms with van der Waals surface area (Å²) < 4.78 is 2.61. The smallest absolute Gasteiger partial charge is 0.333 e. The van der Waals surface area contributed by atoms with Gasteiger partial charge in [-0.3, -0.25) is 0 Å². The first kappa shape index (κ1) is 65.2. The summed E-state index contributed by atoms with van der Waals surface area (Å²) in [7, 11) is 0. The maximum Gasteiger partial charge on any atom is 0.333 e. The maximum atomic E-state index is 2.85. The highest BCUT2D eigenvalue weighted by atomic mass is 32.1. The number of anilines is 8. The topological polar surface area (TPSA) is 9.72 Å². The van der Waals surface area contributed by atoms with E-state index in [9.17, 15) is 0 Å². The summed E-state index contributed by atoms with van der Waals surface area (Å²) in [5.41, 5.74) is 33.9. The van der Waals surface area contributed by atoms with Gasteiger partial charge in [0.05, 0.1) is 0 Å². The molecular weight excluding hydrogens is 1230 g/mol. The number of rotatable bonds is 6. The molecule has 5 heteroatoms. The van der Waals surface area contributed by atoms with Crippen LogP contribution >= 0.6 is 11.3 Å². The van der Waals surface area contributed by atoms with Gasteiger partial charge in [-0.15, -0.1) is 11.3 Å². The van der Waals surface area contributed by atoms with Crippen LogP contribution in [0.4, 0.5) is 45.5 Å². The standard InChI is InChI=1S/C95H102BN3S/c1-57-48-70-73(93(15,16)47-46-90(70,9)10)55-79(57)98-80-56-75-74(94(17,18)68-31-25-26-32-69(68)95(75,19)20)54-76(80)96-86-65(84-78(40-41-83-85(84)63-30-24-27-33-82(63)100-83)99(96)77-39-34-59(87(2,3)4)49-64(77)58-28-22-21-23-29-58)50-62(53-81(86)98)97(60-35-37-66-71(51-60)91(11,12)44-42-88(66,5)6)61-36-38-67-72(52-61)92(13,14)45-43-89(67,7)8/h21-41,48-56H,42-47H2,1-20H3. The van der Waals surface area contributed by atoms with Crippen molar-refractivity contribution in [1.82, 2.24) is 0 Å². The first-order valence-electron chi connectivity index (χ1n) is 37.6. The number of nitrogens with zero attached hydrogens (tertiary/aromatic N) is 3. The van der Waals surface area contributed by atoms with E-state index in [1.54, 1.807) is 0 Å². The Balaban J connectivity index is 1.08. The first-order chi connectivity index (χ1) is 47.1. The van der Waals surface area contributed by atoms with E-state index < -0.39 is 0 Å². The zero-order valence-electron chi connectivity index (χ0n) is 63.4. The van der Waals surface area contributed by atoms with E-state index in [0.717, 1.165) is 38.5 Å². The number of thiophene rings is 1. The monoisotopic (exact) mass is 1330 g/mol. The van der Waals surface area contributed by atoms with Crippen LogP contribution in [0.25, 0.3) is 42.4 Å². The third-order valence-electron chi connectivity index (χ3n) is 26.4. The van der Waals surface area contributed by atoms with Crippen LogP contribution in [0.5, 0.6) is 0 Å². The van der Waals surface area contributed by atoms with Crippen LogP contribution < -0.4 is 25.5 Å². The summed E-state index contributed by atoms with van der Waals surface area (Å²) in [6.07, 6.45) is 6.88. The molecule has 0 fully saturated rings. The van der Waals surface area contributed by atoms with Gasteiger partial charge in [0.25, 0.3) is 0 Å². The van der Waals surface area contributed by atoms with E-state index >= 15 is 0 Å². The van der Waals surface area contributed by atoms with Crippen molar-refractivity contribution in [2.24, 2.45) is 0 Å². The zero-order valence-corrected chi connectivity index (χ0v) is 64.2. The molecule has 17 rings (SSSR count). The lowest BCUT2D eigenvalue weighted by Crippen LogP contribution is -2.62. The lowest BCUT2D eigenvalue weighted by molar-refractivity contribution is 0.332. The molecule has 11 aromatic rings. The summed E-state index contributed by atoms with van der Waals surface area (Å²) in [4.78, 5) is 8.39. The molecule has 0 N–H and O–H groups in total. The molecule has 0 spiro atoms. The SMILES string of the molecule is Cc1cc2c(cc1N1c3cc4c(cc3B3c5c(cc(N(c6ccc7c(c6)C(C)(C)CCC7(C)C)c6ccc7c(c6)C(C)(C)CCC7(C)C)cc51)-c1c(ccc5sc6ccccc6c15)N3c1ccc(C(C)(C)C)cc1-c1ccccc1)C(C)(C)c1ccccc1C4(C)C)C(C)(C)CCC2(C)C. The van der Waals surface area contributed by atoms with Crippen molar-refractivity contribution in [1.29, 1.82) is 0 Å². The molecule has 0 bridgehead atoms.